The number of allylic oxidation sites excluding steroid dienone is 1. The molecule has 1 aromatic rings. The number of benzene rings is 1. The van der Waals surface area contributed by atoms with Gasteiger partial charge in [-0.15, -0.1) is 11.8 Å². The minimum Gasteiger partial charge on any atom is -0.383 e. The Labute approximate surface area is 165 Å². The van der Waals surface area contributed by atoms with Gasteiger partial charge in [-0.05, 0) is 31.4 Å². The van der Waals surface area contributed by atoms with Gasteiger partial charge in [0.05, 0.1) is 11.1 Å². The first-order valence-corrected chi connectivity index (χ1v) is 9.89. The second-order valence-electron chi connectivity index (χ2n) is 7.31. The molecule has 0 N–H and O–H groups in total. The molecule has 28 heavy (non-hydrogen) atoms. The van der Waals surface area contributed by atoms with E-state index in [9.17, 15) is 27.6 Å². The van der Waals surface area contributed by atoms with Crippen molar-refractivity contribution in [3.8, 4) is 0 Å². The molecule has 3 rings (SSSR count). The van der Waals surface area contributed by atoms with E-state index in [1.165, 1.54) is 28.9 Å². The Bertz CT molecular complexity index is 899. The van der Waals surface area contributed by atoms with Crippen LogP contribution in [0, 0.1) is 12.8 Å². The van der Waals surface area contributed by atoms with E-state index >= 15 is 0 Å². The summed E-state index contributed by atoms with van der Waals surface area (Å²) in [4.78, 5) is 39.8. The maximum absolute atomic E-state index is 14.0. The Morgan fingerprint density at radius 2 is 1.89 bits per heavy atom. The smallest absolute Gasteiger partial charge is 0.383 e. The van der Waals surface area contributed by atoms with Crippen molar-refractivity contribution in [2.24, 2.45) is 5.92 Å². The third-order valence-corrected chi connectivity index (χ3v) is 5.92. The lowest BCUT2D eigenvalue weighted by Gasteiger charge is -2.24. The molecule has 2 aliphatic rings. The average molecular weight is 411 g/mol. The number of hydrogen-bond donors (Lipinski definition) is 0. The van der Waals surface area contributed by atoms with Gasteiger partial charge in [-0.25, -0.2) is 0 Å². The van der Waals surface area contributed by atoms with Gasteiger partial charge >= 0.3 is 6.18 Å². The van der Waals surface area contributed by atoms with Crippen LogP contribution in [0.2, 0.25) is 0 Å². The van der Waals surface area contributed by atoms with Gasteiger partial charge in [-0.3, -0.25) is 14.4 Å². The quantitative estimate of drug-likeness (QED) is 0.313. The van der Waals surface area contributed by atoms with Crippen molar-refractivity contribution < 1.29 is 27.6 Å². The van der Waals surface area contributed by atoms with Crippen LogP contribution in [0.3, 0.4) is 0 Å². The molecule has 1 heterocycles. The number of ketones is 3. The van der Waals surface area contributed by atoms with Crippen molar-refractivity contribution in [3.05, 3.63) is 40.1 Å². The van der Waals surface area contributed by atoms with Gasteiger partial charge in [0.15, 0.2) is 17.3 Å². The Morgan fingerprint density at radius 1 is 1.25 bits per heavy atom. The summed E-state index contributed by atoms with van der Waals surface area (Å²) >= 11 is 1.19. The molecule has 0 radical (unpaired) electrons. The number of carbonyl (C=O) groups is 3. The predicted molar refractivity (Wildman–Crippen MR) is 99.7 cm³/mol. The Morgan fingerprint density at radius 3 is 2.43 bits per heavy atom. The molecule has 4 nitrogen and oxygen atoms in total. The van der Waals surface area contributed by atoms with Crippen molar-refractivity contribution in [3.63, 3.8) is 0 Å². The number of aryl methyl sites for hydroxylation is 1. The van der Waals surface area contributed by atoms with Crippen molar-refractivity contribution in [2.45, 2.75) is 37.3 Å². The highest BCUT2D eigenvalue weighted by Gasteiger charge is 2.44. The number of nitrogens with zero attached hydrogens (tertiary/aromatic N) is 1. The van der Waals surface area contributed by atoms with Gasteiger partial charge in [0.25, 0.3) is 0 Å². The second kappa shape index (κ2) is 7.39. The fourth-order valence-electron chi connectivity index (χ4n) is 3.30. The van der Waals surface area contributed by atoms with E-state index in [-0.39, 0.29) is 22.8 Å². The summed E-state index contributed by atoms with van der Waals surface area (Å²) in [6.07, 6.45) is -2.38. The highest BCUT2D eigenvalue weighted by molar-refractivity contribution is 7.99. The van der Waals surface area contributed by atoms with Crippen LogP contribution in [0.15, 0.2) is 22.7 Å². The molecule has 0 amide bonds. The van der Waals surface area contributed by atoms with E-state index in [1.807, 2.05) is 0 Å². The summed E-state index contributed by atoms with van der Waals surface area (Å²) in [6.45, 7) is 1.58. The molecule has 0 bridgehead atoms. The first kappa shape index (κ1) is 20.6. The van der Waals surface area contributed by atoms with Crippen molar-refractivity contribution in [1.29, 1.82) is 0 Å². The van der Waals surface area contributed by atoms with Gasteiger partial charge in [0, 0.05) is 54.4 Å². The Balaban J connectivity index is 2.24. The summed E-state index contributed by atoms with van der Waals surface area (Å²) in [5, 5.41) is 0. The summed E-state index contributed by atoms with van der Waals surface area (Å²) in [6, 6.07) is 1.17. The van der Waals surface area contributed by atoms with Crippen LogP contribution in [-0.2, 0) is 11.0 Å². The number of alkyl halides is 3. The third-order valence-electron chi connectivity index (χ3n) is 4.69. The number of fused-ring (bicyclic) bond motifs is 1. The first-order chi connectivity index (χ1) is 13.0. The topological polar surface area (TPSA) is 54.5 Å². The normalized spacial score (nSPS) is 17.4. The minimum atomic E-state index is -4.89. The molecule has 0 aromatic heterocycles. The monoisotopic (exact) mass is 411 g/mol. The lowest BCUT2D eigenvalue weighted by molar-refractivity contribution is -0.138. The predicted octanol–water partition coefficient (Wildman–Crippen LogP) is 4.30. The lowest BCUT2D eigenvalue weighted by Crippen LogP contribution is -2.25. The molecule has 1 fully saturated rings. The molecule has 0 atom stereocenters. The van der Waals surface area contributed by atoms with Crippen LogP contribution in [0.25, 0.3) is 0 Å². The van der Waals surface area contributed by atoms with Gasteiger partial charge in [0.2, 0.25) is 0 Å². The highest BCUT2D eigenvalue weighted by atomic mass is 32.2. The molecule has 0 unspecified atom stereocenters. The average Bonchev–Trinajstić information content (AvgIpc) is 3.43. The fraction of sp³-hybridized carbons (Fsp3) is 0.450. The molecule has 1 saturated carbocycles. The van der Waals surface area contributed by atoms with Crippen molar-refractivity contribution in [1.82, 2.24) is 4.90 Å². The zero-order chi connectivity index (χ0) is 20.8. The van der Waals surface area contributed by atoms with Crippen LogP contribution in [0.4, 0.5) is 13.2 Å². The van der Waals surface area contributed by atoms with E-state index in [0.29, 0.717) is 24.2 Å². The Kier molecular flexibility index (Phi) is 5.44. The second-order valence-corrected chi connectivity index (χ2v) is 8.42. The van der Waals surface area contributed by atoms with Gasteiger partial charge in [-0.1, -0.05) is 0 Å². The molecule has 8 heteroatoms. The van der Waals surface area contributed by atoms with E-state index in [1.54, 1.807) is 21.0 Å². The number of hydrogen-bond acceptors (Lipinski definition) is 5. The number of Topliss-reactive ketones (excluding diaryl/α,β-unsaturated/α-hetero) is 3. The van der Waals surface area contributed by atoms with E-state index in [0.717, 1.165) is 0 Å². The fourth-order valence-corrected chi connectivity index (χ4v) is 4.44. The van der Waals surface area contributed by atoms with E-state index in [2.05, 4.69) is 0 Å². The number of halogens is 3. The molecular formula is C20H20F3NO3S. The zero-order valence-corrected chi connectivity index (χ0v) is 16.6. The summed E-state index contributed by atoms with van der Waals surface area (Å²) in [7, 11) is 3.19. The lowest BCUT2D eigenvalue weighted by atomic mass is 9.88. The van der Waals surface area contributed by atoms with Crippen LogP contribution < -0.4 is 0 Å². The largest absolute Gasteiger partial charge is 0.417 e. The van der Waals surface area contributed by atoms with Crippen LogP contribution in [0.5, 0.6) is 0 Å². The van der Waals surface area contributed by atoms with E-state index < -0.39 is 40.2 Å². The maximum atomic E-state index is 14.0. The van der Waals surface area contributed by atoms with Crippen LogP contribution in [0.1, 0.15) is 51.1 Å². The molecule has 1 aliphatic heterocycles. The molecule has 1 aliphatic carbocycles. The molecule has 150 valence electrons. The molecule has 0 saturated heterocycles. The molecular weight excluding hydrogens is 391 g/mol. The van der Waals surface area contributed by atoms with Crippen LogP contribution >= 0.6 is 11.8 Å². The molecule has 0 spiro atoms. The minimum absolute atomic E-state index is 0.0147. The number of thioether (sulfide) groups is 1. The van der Waals surface area contributed by atoms with Crippen molar-refractivity contribution >= 4 is 29.1 Å². The SMILES string of the molecule is Cc1cc(C(=O)/C(=C/N(C)C)C(=O)C2CC2)c(C(F)(F)F)c2c1SCCC2=O. The third kappa shape index (κ3) is 3.87. The standard InChI is InChI=1S/C20H20F3NO3S/c1-10-8-12(18(27)13(9-24(2)3)17(26)11-4-5-11)16(20(21,22)23)15-14(25)6-7-28-19(10)15/h8-9,11H,4-7H2,1-3H3/b13-9+. The Hall–Kier alpha value is -2.09. The summed E-state index contributed by atoms with van der Waals surface area (Å²) in [5.74, 6) is -1.95. The van der Waals surface area contributed by atoms with Gasteiger partial charge in [0.1, 0.15) is 0 Å². The highest BCUT2D eigenvalue weighted by Crippen LogP contribution is 2.44. The number of rotatable bonds is 5. The number of carbonyl (C=O) groups excluding carboxylic acids is 3. The molecule has 1 aromatic carbocycles. The van der Waals surface area contributed by atoms with Gasteiger partial charge in [-0.2, -0.15) is 13.2 Å². The van der Waals surface area contributed by atoms with Crippen molar-refractivity contribution in [2.75, 3.05) is 19.8 Å². The maximum Gasteiger partial charge on any atom is 0.417 e. The van der Waals surface area contributed by atoms with Gasteiger partial charge < -0.3 is 4.90 Å². The zero-order valence-electron chi connectivity index (χ0n) is 15.8. The first-order valence-electron chi connectivity index (χ1n) is 8.90. The summed E-state index contributed by atoms with van der Waals surface area (Å²) < 4.78 is 41.9. The van der Waals surface area contributed by atoms with Crippen LogP contribution in [-0.4, -0.2) is 42.1 Å². The summed E-state index contributed by atoms with van der Waals surface area (Å²) in [5.41, 5.74) is -2.11. The van der Waals surface area contributed by atoms with E-state index in [4.69, 9.17) is 0 Å².